The van der Waals surface area contributed by atoms with E-state index < -0.39 is 6.10 Å². The van der Waals surface area contributed by atoms with Crippen LogP contribution in [0.1, 0.15) is 31.1 Å². The maximum Gasteiger partial charge on any atom is 0.162 e. The van der Waals surface area contributed by atoms with Crippen molar-refractivity contribution in [2.75, 3.05) is 7.11 Å². The minimum Gasteiger partial charge on any atom is -0.493 e. The van der Waals surface area contributed by atoms with Gasteiger partial charge in [0.2, 0.25) is 0 Å². The predicted molar refractivity (Wildman–Crippen MR) is 60.7 cm³/mol. The lowest BCUT2D eigenvalue weighted by atomic mass is 9.84. The summed E-state index contributed by atoms with van der Waals surface area (Å²) in [6.07, 6.45) is 4.79. The molecule has 5 nitrogen and oxygen atoms in total. The number of hydrogen-bond donors (Lipinski definition) is 1. The van der Waals surface area contributed by atoms with Gasteiger partial charge in [-0.3, -0.25) is 4.68 Å². The molecule has 0 amide bonds. The Morgan fingerprint density at radius 3 is 3.00 bits per heavy atom. The second-order valence-electron chi connectivity index (χ2n) is 4.94. The highest BCUT2D eigenvalue weighted by Gasteiger charge is 2.45. The highest BCUT2D eigenvalue weighted by atomic mass is 16.5. The van der Waals surface area contributed by atoms with Gasteiger partial charge in [-0.1, -0.05) is 0 Å². The molecule has 2 aliphatic rings. The Morgan fingerprint density at radius 1 is 1.59 bits per heavy atom. The molecule has 2 fully saturated rings. The van der Waals surface area contributed by atoms with E-state index in [9.17, 15) is 5.11 Å². The summed E-state index contributed by atoms with van der Waals surface area (Å²) in [4.78, 5) is 0. The quantitative estimate of drug-likeness (QED) is 0.854. The molecular weight excluding hydrogens is 220 g/mol. The van der Waals surface area contributed by atoms with Gasteiger partial charge in [-0.05, 0) is 19.3 Å². The fraction of sp³-hybridized carbons (Fsp3) is 0.750. The zero-order chi connectivity index (χ0) is 12.0. The average Bonchev–Trinajstić information content (AvgIpc) is 3.01. The molecule has 1 aromatic heterocycles. The Bertz CT molecular complexity index is 418. The molecule has 3 heterocycles. The van der Waals surface area contributed by atoms with Gasteiger partial charge in [-0.25, -0.2) is 0 Å². The maximum absolute atomic E-state index is 10.5. The van der Waals surface area contributed by atoms with E-state index in [0.29, 0.717) is 11.9 Å². The molecule has 94 valence electrons. The Morgan fingerprint density at radius 2 is 2.41 bits per heavy atom. The summed E-state index contributed by atoms with van der Waals surface area (Å²) in [7, 11) is 3.43. The van der Waals surface area contributed by atoms with E-state index in [0.717, 1.165) is 25.0 Å². The molecule has 17 heavy (non-hydrogen) atoms. The molecule has 1 N–H and O–H groups in total. The largest absolute Gasteiger partial charge is 0.493 e. The van der Waals surface area contributed by atoms with Crippen molar-refractivity contribution in [3.8, 4) is 5.75 Å². The van der Waals surface area contributed by atoms with Gasteiger partial charge in [0.15, 0.2) is 5.75 Å². The molecule has 4 atom stereocenters. The standard InChI is InChI=1S/C12H18N2O3/c1-14-11(10(16-2)6-13-14)12(15)8-5-7-3-4-9(8)17-7/h6-9,12,15H,3-5H2,1-2H3. The summed E-state index contributed by atoms with van der Waals surface area (Å²) in [6, 6.07) is 0. The summed E-state index contributed by atoms with van der Waals surface area (Å²) < 4.78 is 12.7. The van der Waals surface area contributed by atoms with Crippen molar-refractivity contribution in [2.45, 2.75) is 37.6 Å². The van der Waals surface area contributed by atoms with Crippen LogP contribution in [0.2, 0.25) is 0 Å². The third-order valence-corrected chi connectivity index (χ3v) is 4.01. The van der Waals surface area contributed by atoms with E-state index in [1.165, 1.54) is 0 Å². The van der Waals surface area contributed by atoms with E-state index in [1.807, 2.05) is 7.05 Å². The van der Waals surface area contributed by atoms with E-state index in [4.69, 9.17) is 9.47 Å². The van der Waals surface area contributed by atoms with Crippen LogP contribution < -0.4 is 4.74 Å². The summed E-state index contributed by atoms with van der Waals surface area (Å²) in [5, 5.41) is 14.6. The SMILES string of the molecule is COc1cnn(C)c1C(O)C1CC2CCC1O2. The number of aliphatic hydroxyl groups is 1. The maximum atomic E-state index is 10.5. The Balaban J connectivity index is 1.86. The lowest BCUT2D eigenvalue weighted by Crippen LogP contribution is -2.25. The predicted octanol–water partition coefficient (Wildman–Crippen LogP) is 1.03. The number of methoxy groups -OCH3 is 1. The first-order chi connectivity index (χ1) is 8.20. The van der Waals surface area contributed by atoms with Crippen LogP contribution in [-0.2, 0) is 11.8 Å². The van der Waals surface area contributed by atoms with E-state index in [-0.39, 0.29) is 12.0 Å². The molecule has 0 saturated carbocycles. The lowest BCUT2D eigenvalue weighted by Gasteiger charge is -2.24. The van der Waals surface area contributed by atoms with Crippen molar-refractivity contribution in [3.05, 3.63) is 11.9 Å². The fourth-order valence-electron chi connectivity index (χ4n) is 3.13. The number of fused-ring (bicyclic) bond motifs is 2. The summed E-state index contributed by atoms with van der Waals surface area (Å²) in [5.74, 6) is 0.834. The smallest absolute Gasteiger partial charge is 0.162 e. The monoisotopic (exact) mass is 238 g/mol. The van der Waals surface area contributed by atoms with Crippen LogP contribution in [0.15, 0.2) is 6.20 Å². The lowest BCUT2D eigenvalue weighted by molar-refractivity contribution is 0.0373. The summed E-state index contributed by atoms with van der Waals surface area (Å²) >= 11 is 0. The average molecular weight is 238 g/mol. The number of hydrogen-bond acceptors (Lipinski definition) is 4. The topological polar surface area (TPSA) is 56.5 Å². The Kier molecular flexibility index (Phi) is 2.60. The summed E-state index contributed by atoms with van der Waals surface area (Å²) in [6.45, 7) is 0. The van der Waals surface area contributed by atoms with Crippen molar-refractivity contribution in [1.82, 2.24) is 9.78 Å². The van der Waals surface area contributed by atoms with Crippen LogP contribution in [0.3, 0.4) is 0 Å². The van der Waals surface area contributed by atoms with Crippen LogP contribution >= 0.6 is 0 Å². The molecule has 2 aliphatic heterocycles. The first kappa shape index (κ1) is 11.0. The van der Waals surface area contributed by atoms with Crippen molar-refractivity contribution < 1.29 is 14.6 Å². The fourth-order valence-corrected chi connectivity index (χ4v) is 3.13. The van der Waals surface area contributed by atoms with Crippen LogP contribution in [0, 0.1) is 5.92 Å². The first-order valence-corrected chi connectivity index (χ1v) is 6.10. The minimum absolute atomic E-state index is 0.179. The Labute approximate surface area is 100 Å². The third kappa shape index (κ3) is 1.65. The first-order valence-electron chi connectivity index (χ1n) is 6.10. The second kappa shape index (κ2) is 3.99. The van der Waals surface area contributed by atoms with E-state index in [2.05, 4.69) is 5.10 Å². The van der Waals surface area contributed by atoms with Crippen molar-refractivity contribution >= 4 is 0 Å². The minimum atomic E-state index is -0.548. The van der Waals surface area contributed by atoms with Crippen LogP contribution in [0.5, 0.6) is 5.75 Å². The van der Waals surface area contributed by atoms with E-state index in [1.54, 1.807) is 18.0 Å². The van der Waals surface area contributed by atoms with E-state index >= 15 is 0 Å². The molecular formula is C12H18N2O3. The highest BCUT2D eigenvalue weighted by molar-refractivity contribution is 5.28. The van der Waals surface area contributed by atoms with Gasteiger partial charge in [-0.15, -0.1) is 0 Å². The normalized spacial score (nSPS) is 33.0. The van der Waals surface area contributed by atoms with Gasteiger partial charge in [0, 0.05) is 13.0 Å². The van der Waals surface area contributed by atoms with Gasteiger partial charge in [-0.2, -0.15) is 5.10 Å². The van der Waals surface area contributed by atoms with Crippen molar-refractivity contribution in [1.29, 1.82) is 0 Å². The van der Waals surface area contributed by atoms with Crippen LogP contribution in [0.4, 0.5) is 0 Å². The number of ether oxygens (including phenoxy) is 2. The molecule has 0 radical (unpaired) electrons. The van der Waals surface area contributed by atoms with Gasteiger partial charge < -0.3 is 14.6 Å². The summed E-state index contributed by atoms with van der Waals surface area (Å²) in [5.41, 5.74) is 0.758. The van der Waals surface area contributed by atoms with Gasteiger partial charge in [0.1, 0.15) is 11.8 Å². The van der Waals surface area contributed by atoms with Gasteiger partial charge in [0.05, 0.1) is 25.5 Å². The molecule has 2 saturated heterocycles. The zero-order valence-electron chi connectivity index (χ0n) is 10.2. The van der Waals surface area contributed by atoms with Crippen LogP contribution in [-0.4, -0.2) is 34.2 Å². The molecule has 0 spiro atoms. The second-order valence-corrected chi connectivity index (χ2v) is 4.94. The molecule has 2 bridgehead atoms. The zero-order valence-corrected chi connectivity index (χ0v) is 10.2. The number of aromatic nitrogens is 2. The molecule has 3 rings (SSSR count). The number of nitrogens with zero attached hydrogens (tertiary/aromatic N) is 2. The van der Waals surface area contributed by atoms with Gasteiger partial charge >= 0.3 is 0 Å². The molecule has 0 aliphatic carbocycles. The van der Waals surface area contributed by atoms with Crippen LogP contribution in [0.25, 0.3) is 0 Å². The Hall–Kier alpha value is -1.07. The number of aliphatic hydroxyl groups excluding tert-OH is 1. The van der Waals surface area contributed by atoms with Gasteiger partial charge in [0.25, 0.3) is 0 Å². The number of rotatable bonds is 3. The molecule has 5 heteroatoms. The van der Waals surface area contributed by atoms with Crippen molar-refractivity contribution in [3.63, 3.8) is 0 Å². The molecule has 0 aromatic carbocycles. The molecule has 1 aromatic rings. The molecule has 4 unspecified atom stereocenters. The van der Waals surface area contributed by atoms with Crippen molar-refractivity contribution in [2.24, 2.45) is 13.0 Å². The number of aryl methyl sites for hydroxylation is 1. The third-order valence-electron chi connectivity index (χ3n) is 4.01. The highest BCUT2D eigenvalue weighted by Crippen LogP contribution is 2.45.